The lowest BCUT2D eigenvalue weighted by Crippen LogP contribution is -2.16. The predicted molar refractivity (Wildman–Crippen MR) is 125 cm³/mol. The van der Waals surface area contributed by atoms with Crippen molar-refractivity contribution in [3.63, 3.8) is 0 Å². The van der Waals surface area contributed by atoms with E-state index in [0.717, 1.165) is 35.6 Å². The minimum Gasteiger partial charge on any atom is -0.406 e. The van der Waals surface area contributed by atoms with E-state index in [2.05, 4.69) is 11.7 Å². The third kappa shape index (κ3) is 6.27. The molecular weight excluding hydrogens is 428 g/mol. The number of halogens is 4. The van der Waals surface area contributed by atoms with Gasteiger partial charge in [-0.25, -0.2) is 4.39 Å². The van der Waals surface area contributed by atoms with Crippen molar-refractivity contribution in [1.29, 1.82) is 0 Å². The number of alkyl halides is 3. The van der Waals surface area contributed by atoms with Gasteiger partial charge in [0.2, 0.25) is 0 Å². The molecule has 5 heteroatoms. The highest BCUT2D eigenvalue weighted by molar-refractivity contribution is 5.88. The molecule has 0 heterocycles. The first-order chi connectivity index (χ1) is 15.8. The van der Waals surface area contributed by atoms with Gasteiger partial charge in [0.25, 0.3) is 0 Å². The van der Waals surface area contributed by atoms with E-state index in [9.17, 15) is 17.6 Å². The molecule has 0 spiro atoms. The van der Waals surface area contributed by atoms with Crippen LogP contribution >= 0.6 is 0 Å². The zero-order valence-corrected chi connectivity index (χ0v) is 18.9. The van der Waals surface area contributed by atoms with E-state index in [0.29, 0.717) is 16.5 Å². The average molecular weight is 459 g/mol. The Morgan fingerprint density at radius 3 is 2.15 bits per heavy atom. The fourth-order valence-corrected chi connectivity index (χ4v) is 5.12. The van der Waals surface area contributed by atoms with E-state index in [4.69, 9.17) is 0 Å². The van der Waals surface area contributed by atoms with Crippen LogP contribution in [0.25, 0.3) is 21.9 Å². The Morgan fingerprint density at radius 2 is 1.48 bits per heavy atom. The zero-order chi connectivity index (χ0) is 23.4. The van der Waals surface area contributed by atoms with E-state index in [-0.39, 0.29) is 11.6 Å². The highest BCUT2D eigenvalue weighted by Gasteiger charge is 2.31. The van der Waals surface area contributed by atoms with Crippen LogP contribution in [0.4, 0.5) is 17.6 Å². The van der Waals surface area contributed by atoms with Crippen LogP contribution in [0.3, 0.4) is 0 Å². The standard InChI is InChI=1S/C28H30F4O/c1-2-3-19-4-6-20(7-5-19)8-9-21-10-15-26(27(29)16-21)24-12-11-23-18-25(33-28(30,31)32)14-13-22(23)17-24/h10-20H,2-9H2,1H3. The molecule has 0 unspecified atom stereocenters. The molecule has 4 rings (SSSR count). The van der Waals surface area contributed by atoms with E-state index < -0.39 is 6.36 Å². The number of hydrogen-bond donors (Lipinski definition) is 0. The highest BCUT2D eigenvalue weighted by atomic mass is 19.4. The number of ether oxygens (including phenoxy) is 1. The summed E-state index contributed by atoms with van der Waals surface area (Å²) in [5, 5.41) is 1.33. The highest BCUT2D eigenvalue weighted by Crippen LogP contribution is 2.35. The van der Waals surface area contributed by atoms with Crippen molar-refractivity contribution in [2.45, 2.75) is 64.7 Å². The molecule has 1 fully saturated rings. The topological polar surface area (TPSA) is 9.23 Å². The molecule has 0 radical (unpaired) electrons. The van der Waals surface area contributed by atoms with Gasteiger partial charge >= 0.3 is 6.36 Å². The summed E-state index contributed by atoms with van der Waals surface area (Å²) in [6.45, 7) is 2.26. The van der Waals surface area contributed by atoms with E-state index >= 15 is 0 Å². The quantitative estimate of drug-likeness (QED) is 0.321. The molecule has 1 nitrogen and oxygen atoms in total. The Bertz CT molecular complexity index is 1080. The molecule has 1 aliphatic rings. The van der Waals surface area contributed by atoms with Crippen LogP contribution in [-0.2, 0) is 6.42 Å². The van der Waals surface area contributed by atoms with Crippen molar-refractivity contribution in [3.05, 3.63) is 66.0 Å². The van der Waals surface area contributed by atoms with Gasteiger partial charge in [-0.3, -0.25) is 0 Å². The van der Waals surface area contributed by atoms with Gasteiger partial charge in [0.1, 0.15) is 11.6 Å². The molecule has 33 heavy (non-hydrogen) atoms. The first kappa shape index (κ1) is 23.6. The number of rotatable bonds is 7. The van der Waals surface area contributed by atoms with Crippen molar-refractivity contribution in [1.82, 2.24) is 0 Å². The fraction of sp³-hybridized carbons (Fsp3) is 0.429. The second-order valence-electron chi connectivity index (χ2n) is 9.30. The van der Waals surface area contributed by atoms with Crippen molar-refractivity contribution in [2.24, 2.45) is 11.8 Å². The summed E-state index contributed by atoms with van der Waals surface area (Å²) in [6.07, 6.45) is 5.12. The molecule has 0 bridgehead atoms. The maximum Gasteiger partial charge on any atom is 0.573 e. The summed E-state index contributed by atoms with van der Waals surface area (Å²) in [6, 6.07) is 14.8. The Hall–Kier alpha value is -2.56. The van der Waals surface area contributed by atoms with Gasteiger partial charge in [-0.1, -0.05) is 75.8 Å². The van der Waals surface area contributed by atoms with Crippen LogP contribution in [0.1, 0.15) is 57.4 Å². The lowest BCUT2D eigenvalue weighted by molar-refractivity contribution is -0.274. The number of fused-ring (bicyclic) bond motifs is 1. The maximum absolute atomic E-state index is 14.9. The third-order valence-electron chi connectivity index (χ3n) is 6.89. The van der Waals surface area contributed by atoms with Crippen LogP contribution in [0.5, 0.6) is 5.75 Å². The molecule has 1 aliphatic carbocycles. The molecule has 0 N–H and O–H groups in total. The molecule has 1 saturated carbocycles. The molecule has 0 saturated heterocycles. The molecule has 3 aromatic rings. The van der Waals surface area contributed by atoms with Crippen LogP contribution in [-0.4, -0.2) is 6.36 Å². The second-order valence-corrected chi connectivity index (χ2v) is 9.30. The summed E-state index contributed by atoms with van der Waals surface area (Å²) >= 11 is 0. The summed E-state index contributed by atoms with van der Waals surface area (Å²) in [4.78, 5) is 0. The lowest BCUT2D eigenvalue weighted by Gasteiger charge is -2.28. The third-order valence-corrected chi connectivity index (χ3v) is 6.89. The van der Waals surface area contributed by atoms with Gasteiger partial charge in [0.05, 0.1) is 0 Å². The van der Waals surface area contributed by atoms with E-state index in [1.165, 1.54) is 50.7 Å². The normalized spacial score (nSPS) is 19.1. The van der Waals surface area contributed by atoms with Gasteiger partial charge in [-0.05, 0) is 70.8 Å². The summed E-state index contributed by atoms with van der Waals surface area (Å²) in [5.41, 5.74) is 2.21. The molecule has 0 atom stereocenters. The van der Waals surface area contributed by atoms with E-state index in [1.54, 1.807) is 30.3 Å². The number of hydrogen-bond acceptors (Lipinski definition) is 1. The number of benzene rings is 3. The fourth-order valence-electron chi connectivity index (χ4n) is 5.12. The Labute approximate surface area is 192 Å². The van der Waals surface area contributed by atoms with Crippen molar-refractivity contribution in [2.75, 3.05) is 0 Å². The van der Waals surface area contributed by atoms with Gasteiger partial charge < -0.3 is 4.74 Å². The second kappa shape index (κ2) is 10.1. The van der Waals surface area contributed by atoms with Gasteiger partial charge in [-0.15, -0.1) is 13.2 Å². The molecule has 0 amide bonds. The number of aryl methyl sites for hydroxylation is 1. The smallest absolute Gasteiger partial charge is 0.406 e. The van der Waals surface area contributed by atoms with E-state index in [1.807, 2.05) is 12.1 Å². The van der Waals surface area contributed by atoms with Crippen LogP contribution in [0.15, 0.2) is 54.6 Å². The SMILES string of the molecule is CCCC1CCC(CCc2ccc(-c3ccc4cc(OC(F)(F)F)ccc4c3)c(F)c2)CC1. The molecule has 0 aromatic heterocycles. The van der Waals surface area contributed by atoms with Crippen molar-refractivity contribution < 1.29 is 22.3 Å². The molecule has 176 valence electrons. The average Bonchev–Trinajstić information content (AvgIpc) is 2.77. The van der Waals surface area contributed by atoms with Crippen LogP contribution < -0.4 is 4.74 Å². The monoisotopic (exact) mass is 458 g/mol. The summed E-state index contributed by atoms with van der Waals surface area (Å²) in [7, 11) is 0. The van der Waals surface area contributed by atoms with Gasteiger partial charge in [0.15, 0.2) is 0 Å². The van der Waals surface area contributed by atoms with Crippen molar-refractivity contribution in [3.8, 4) is 16.9 Å². The lowest BCUT2D eigenvalue weighted by atomic mass is 9.78. The zero-order valence-electron chi connectivity index (χ0n) is 18.9. The minimum atomic E-state index is -4.73. The van der Waals surface area contributed by atoms with Crippen LogP contribution in [0.2, 0.25) is 0 Å². The Kier molecular flexibility index (Phi) is 7.26. The first-order valence-electron chi connectivity index (χ1n) is 11.9. The molecule has 3 aromatic carbocycles. The summed E-state index contributed by atoms with van der Waals surface area (Å²) < 4.78 is 56.3. The van der Waals surface area contributed by atoms with Gasteiger partial charge in [0, 0.05) is 5.56 Å². The Balaban J connectivity index is 1.41. The largest absolute Gasteiger partial charge is 0.573 e. The predicted octanol–water partition coefficient (Wildman–Crippen LogP) is 9.08. The maximum atomic E-state index is 14.9. The van der Waals surface area contributed by atoms with Gasteiger partial charge in [-0.2, -0.15) is 0 Å². The summed E-state index contributed by atoms with van der Waals surface area (Å²) in [5.74, 6) is 1.11. The minimum absolute atomic E-state index is 0.267. The molecule has 0 aliphatic heterocycles. The van der Waals surface area contributed by atoms with Crippen molar-refractivity contribution >= 4 is 10.8 Å². The first-order valence-corrected chi connectivity index (χ1v) is 11.9. The van der Waals surface area contributed by atoms with Crippen LogP contribution in [0, 0.1) is 17.7 Å². The Morgan fingerprint density at radius 1 is 0.818 bits per heavy atom. The molecular formula is C28H30F4O.